The molecule has 1 unspecified atom stereocenters. The summed E-state index contributed by atoms with van der Waals surface area (Å²) in [5.41, 5.74) is 1.14. The minimum atomic E-state index is 0.606. The number of hydrogen-bond donors (Lipinski definition) is 1. The van der Waals surface area contributed by atoms with E-state index in [4.69, 9.17) is 0 Å². The first-order valence-corrected chi connectivity index (χ1v) is 7.55. The predicted molar refractivity (Wildman–Crippen MR) is 79.7 cm³/mol. The predicted octanol–water partition coefficient (Wildman–Crippen LogP) is 2.32. The van der Waals surface area contributed by atoms with Crippen molar-refractivity contribution in [3.8, 4) is 0 Å². The summed E-state index contributed by atoms with van der Waals surface area (Å²) in [6.45, 7) is 9.65. The molecule has 0 aromatic carbocycles. The standard InChI is InChI=1S/C15H26N4/c1-4-8-16-14-7-6-9-19(11-14)15-10-13(5-2)17-12(3)18-15/h10,14,16H,4-9,11H2,1-3H3. The molecule has 1 aromatic rings. The molecule has 4 nitrogen and oxygen atoms in total. The lowest BCUT2D eigenvalue weighted by Crippen LogP contribution is -2.46. The zero-order valence-corrected chi connectivity index (χ0v) is 12.4. The van der Waals surface area contributed by atoms with Gasteiger partial charge in [0.15, 0.2) is 0 Å². The summed E-state index contributed by atoms with van der Waals surface area (Å²) in [6, 6.07) is 2.75. The van der Waals surface area contributed by atoms with Crippen LogP contribution in [-0.2, 0) is 6.42 Å². The molecule has 1 N–H and O–H groups in total. The van der Waals surface area contributed by atoms with Crippen molar-refractivity contribution < 1.29 is 0 Å². The largest absolute Gasteiger partial charge is 0.355 e. The molecule has 2 rings (SSSR count). The first-order chi connectivity index (χ1) is 9.22. The fourth-order valence-corrected chi connectivity index (χ4v) is 2.66. The Bertz CT molecular complexity index is 405. The minimum Gasteiger partial charge on any atom is -0.355 e. The topological polar surface area (TPSA) is 41.0 Å². The van der Waals surface area contributed by atoms with Gasteiger partial charge in [0.25, 0.3) is 0 Å². The van der Waals surface area contributed by atoms with Crippen molar-refractivity contribution in [3.05, 3.63) is 17.6 Å². The molecule has 4 heteroatoms. The van der Waals surface area contributed by atoms with E-state index in [-0.39, 0.29) is 0 Å². The highest BCUT2D eigenvalue weighted by atomic mass is 15.2. The molecule has 1 saturated heterocycles. The Morgan fingerprint density at radius 1 is 1.37 bits per heavy atom. The van der Waals surface area contributed by atoms with Gasteiger partial charge in [0.1, 0.15) is 11.6 Å². The maximum absolute atomic E-state index is 4.61. The van der Waals surface area contributed by atoms with Crippen LogP contribution in [0.15, 0.2) is 6.07 Å². The van der Waals surface area contributed by atoms with Crippen LogP contribution in [0, 0.1) is 6.92 Å². The van der Waals surface area contributed by atoms with Gasteiger partial charge >= 0.3 is 0 Å². The van der Waals surface area contributed by atoms with Crippen LogP contribution in [0.3, 0.4) is 0 Å². The van der Waals surface area contributed by atoms with Crippen LogP contribution in [0.4, 0.5) is 5.82 Å². The summed E-state index contributed by atoms with van der Waals surface area (Å²) in [7, 11) is 0. The fraction of sp³-hybridized carbons (Fsp3) is 0.733. The summed E-state index contributed by atoms with van der Waals surface area (Å²) >= 11 is 0. The normalized spacial score (nSPS) is 19.7. The molecule has 0 radical (unpaired) electrons. The second kappa shape index (κ2) is 6.85. The summed E-state index contributed by atoms with van der Waals surface area (Å²) in [6.07, 6.45) is 4.69. The monoisotopic (exact) mass is 262 g/mol. The van der Waals surface area contributed by atoms with Gasteiger partial charge in [0.05, 0.1) is 0 Å². The number of nitrogens with one attached hydrogen (secondary N) is 1. The number of hydrogen-bond acceptors (Lipinski definition) is 4. The van der Waals surface area contributed by atoms with Gasteiger partial charge in [-0.15, -0.1) is 0 Å². The lowest BCUT2D eigenvalue weighted by Gasteiger charge is -2.34. The van der Waals surface area contributed by atoms with Crippen molar-refractivity contribution >= 4 is 5.82 Å². The second-order valence-electron chi connectivity index (χ2n) is 5.36. The molecular formula is C15H26N4. The van der Waals surface area contributed by atoms with Crippen LogP contribution >= 0.6 is 0 Å². The van der Waals surface area contributed by atoms with E-state index >= 15 is 0 Å². The third-order valence-corrected chi connectivity index (χ3v) is 3.67. The molecule has 1 fully saturated rings. The van der Waals surface area contributed by atoms with Crippen molar-refractivity contribution in [1.29, 1.82) is 0 Å². The van der Waals surface area contributed by atoms with Crippen LogP contribution in [0.25, 0.3) is 0 Å². The third kappa shape index (κ3) is 3.90. The molecule has 0 saturated carbocycles. The maximum atomic E-state index is 4.61. The third-order valence-electron chi connectivity index (χ3n) is 3.67. The molecule has 1 aliphatic rings. The molecule has 1 atom stereocenters. The average Bonchev–Trinajstić information content (AvgIpc) is 2.44. The number of piperidine rings is 1. The molecule has 0 bridgehead atoms. The van der Waals surface area contributed by atoms with Gasteiger partial charge in [0.2, 0.25) is 0 Å². The number of rotatable bonds is 5. The summed E-state index contributed by atoms with van der Waals surface area (Å²) in [5, 5.41) is 3.63. The van der Waals surface area contributed by atoms with Crippen molar-refractivity contribution in [1.82, 2.24) is 15.3 Å². The lowest BCUT2D eigenvalue weighted by molar-refractivity contribution is 0.421. The molecule has 1 aliphatic heterocycles. The van der Waals surface area contributed by atoms with E-state index in [2.05, 4.69) is 40.1 Å². The van der Waals surface area contributed by atoms with E-state index in [1.54, 1.807) is 0 Å². The highest BCUT2D eigenvalue weighted by Crippen LogP contribution is 2.19. The smallest absolute Gasteiger partial charge is 0.132 e. The highest BCUT2D eigenvalue weighted by Gasteiger charge is 2.20. The Kier molecular flexibility index (Phi) is 5.14. The van der Waals surface area contributed by atoms with E-state index in [1.165, 1.54) is 19.3 Å². The van der Waals surface area contributed by atoms with E-state index in [1.807, 2.05) is 6.92 Å². The fourth-order valence-electron chi connectivity index (χ4n) is 2.66. The molecular weight excluding hydrogens is 236 g/mol. The quantitative estimate of drug-likeness (QED) is 0.884. The molecule has 2 heterocycles. The SMILES string of the molecule is CCCNC1CCCN(c2cc(CC)nc(C)n2)C1. The lowest BCUT2D eigenvalue weighted by atomic mass is 10.1. The maximum Gasteiger partial charge on any atom is 0.132 e. The summed E-state index contributed by atoms with van der Waals surface area (Å²) in [5.74, 6) is 1.99. The molecule has 19 heavy (non-hydrogen) atoms. The number of aromatic nitrogens is 2. The zero-order valence-electron chi connectivity index (χ0n) is 12.4. The highest BCUT2D eigenvalue weighted by molar-refractivity contribution is 5.40. The van der Waals surface area contributed by atoms with E-state index in [0.717, 1.165) is 43.4 Å². The average molecular weight is 262 g/mol. The van der Waals surface area contributed by atoms with Crippen LogP contribution in [0.2, 0.25) is 0 Å². The van der Waals surface area contributed by atoms with Crippen LogP contribution in [-0.4, -0.2) is 35.6 Å². The molecule has 106 valence electrons. The minimum absolute atomic E-state index is 0.606. The van der Waals surface area contributed by atoms with Crippen molar-refractivity contribution in [3.63, 3.8) is 0 Å². The van der Waals surface area contributed by atoms with Gasteiger partial charge in [0, 0.05) is 30.9 Å². The number of aryl methyl sites for hydroxylation is 2. The Morgan fingerprint density at radius 2 is 2.21 bits per heavy atom. The molecule has 1 aromatic heterocycles. The number of nitrogens with zero attached hydrogens (tertiary/aromatic N) is 3. The zero-order chi connectivity index (χ0) is 13.7. The Hall–Kier alpha value is -1.16. The van der Waals surface area contributed by atoms with Crippen LogP contribution < -0.4 is 10.2 Å². The summed E-state index contributed by atoms with van der Waals surface area (Å²) in [4.78, 5) is 11.5. The Labute approximate surface area is 116 Å². The van der Waals surface area contributed by atoms with Gasteiger partial charge in [-0.25, -0.2) is 9.97 Å². The van der Waals surface area contributed by atoms with Gasteiger partial charge < -0.3 is 10.2 Å². The first kappa shape index (κ1) is 14.3. The van der Waals surface area contributed by atoms with E-state index in [9.17, 15) is 0 Å². The van der Waals surface area contributed by atoms with Gasteiger partial charge in [-0.2, -0.15) is 0 Å². The van der Waals surface area contributed by atoms with E-state index < -0.39 is 0 Å². The Morgan fingerprint density at radius 3 is 2.95 bits per heavy atom. The van der Waals surface area contributed by atoms with Gasteiger partial charge in [-0.05, 0) is 39.2 Å². The van der Waals surface area contributed by atoms with Crippen molar-refractivity contribution in [2.24, 2.45) is 0 Å². The Balaban J connectivity index is 2.06. The van der Waals surface area contributed by atoms with Crippen molar-refractivity contribution in [2.75, 3.05) is 24.5 Å². The van der Waals surface area contributed by atoms with Crippen LogP contribution in [0.1, 0.15) is 44.6 Å². The molecule has 0 aliphatic carbocycles. The van der Waals surface area contributed by atoms with E-state index in [0.29, 0.717) is 6.04 Å². The van der Waals surface area contributed by atoms with Crippen LogP contribution in [0.5, 0.6) is 0 Å². The van der Waals surface area contributed by atoms with Gasteiger partial charge in [-0.1, -0.05) is 13.8 Å². The molecule has 0 amide bonds. The molecule has 0 spiro atoms. The van der Waals surface area contributed by atoms with Gasteiger partial charge in [-0.3, -0.25) is 0 Å². The van der Waals surface area contributed by atoms with Crippen molar-refractivity contribution in [2.45, 2.75) is 52.5 Å². The summed E-state index contributed by atoms with van der Waals surface area (Å²) < 4.78 is 0. The first-order valence-electron chi connectivity index (χ1n) is 7.55. The second-order valence-corrected chi connectivity index (χ2v) is 5.36. The number of anilines is 1.